The predicted molar refractivity (Wildman–Crippen MR) is 252 cm³/mol. The van der Waals surface area contributed by atoms with Crippen LogP contribution in [-0.2, 0) is 0 Å². The Hall–Kier alpha value is -6.00. The molecular weight excluding hydrogens is 701 g/mol. The summed E-state index contributed by atoms with van der Waals surface area (Å²) in [4.78, 5) is 7.79. The number of nitrogens with zero attached hydrogens (tertiary/aromatic N) is 3. The lowest BCUT2D eigenvalue weighted by atomic mass is 9.32. The van der Waals surface area contributed by atoms with Crippen LogP contribution in [0.15, 0.2) is 109 Å². The number of aryl methyl sites for hydroxylation is 12. The molecule has 0 bridgehead atoms. The summed E-state index contributed by atoms with van der Waals surface area (Å²) >= 11 is 0. The largest absolute Gasteiger partial charge is 0.311 e. The lowest BCUT2D eigenvalue weighted by Gasteiger charge is -2.47. The van der Waals surface area contributed by atoms with Crippen LogP contribution in [0.4, 0.5) is 51.2 Å². The molecule has 0 atom stereocenters. The Morgan fingerprint density at radius 1 is 0.328 bits per heavy atom. The van der Waals surface area contributed by atoms with E-state index in [1.807, 2.05) is 0 Å². The first-order valence-electron chi connectivity index (χ1n) is 20.8. The summed E-state index contributed by atoms with van der Waals surface area (Å²) in [5.74, 6) is 0. The van der Waals surface area contributed by atoms with Crippen molar-refractivity contribution in [3.05, 3.63) is 176 Å². The molecule has 0 saturated carbocycles. The van der Waals surface area contributed by atoms with Gasteiger partial charge in [0.15, 0.2) is 0 Å². The minimum absolute atomic E-state index is 0.0430. The van der Waals surface area contributed by atoms with Crippen LogP contribution < -0.4 is 31.1 Å². The maximum absolute atomic E-state index is 2.63. The molecule has 0 aromatic heterocycles. The van der Waals surface area contributed by atoms with Gasteiger partial charge in [-0.3, -0.25) is 0 Å². The second-order valence-corrected chi connectivity index (χ2v) is 17.4. The van der Waals surface area contributed by atoms with Crippen molar-refractivity contribution in [2.24, 2.45) is 0 Å². The summed E-state index contributed by atoms with van der Waals surface area (Å²) in [5, 5.41) is 0. The molecule has 2 aliphatic rings. The minimum atomic E-state index is 0.0430. The average Bonchev–Trinajstić information content (AvgIpc) is 3.19. The van der Waals surface area contributed by atoms with Crippen molar-refractivity contribution < 1.29 is 0 Å². The zero-order valence-electron chi connectivity index (χ0n) is 36.3. The second kappa shape index (κ2) is 13.8. The van der Waals surface area contributed by atoms with Gasteiger partial charge in [-0.1, -0.05) is 83.9 Å². The van der Waals surface area contributed by atoms with Crippen LogP contribution in [-0.4, -0.2) is 6.71 Å². The summed E-state index contributed by atoms with van der Waals surface area (Å²) in [6.07, 6.45) is 0. The van der Waals surface area contributed by atoms with E-state index in [0.717, 1.165) is 5.69 Å². The predicted octanol–water partition coefficient (Wildman–Crippen LogP) is 12.9. The molecule has 58 heavy (non-hydrogen) atoms. The molecule has 288 valence electrons. The van der Waals surface area contributed by atoms with Gasteiger partial charge >= 0.3 is 0 Å². The summed E-state index contributed by atoms with van der Waals surface area (Å²) in [7, 11) is 0. The Bertz CT molecular complexity index is 2660. The first-order valence-corrected chi connectivity index (χ1v) is 20.8. The van der Waals surface area contributed by atoms with Gasteiger partial charge in [-0.25, -0.2) is 0 Å². The molecule has 4 heteroatoms. The maximum Gasteiger partial charge on any atom is 0.252 e. The van der Waals surface area contributed by atoms with Crippen LogP contribution in [0.1, 0.15) is 66.8 Å². The zero-order valence-corrected chi connectivity index (χ0v) is 36.3. The van der Waals surface area contributed by atoms with Crippen molar-refractivity contribution in [2.45, 2.75) is 83.1 Å². The van der Waals surface area contributed by atoms with Crippen LogP contribution in [0.3, 0.4) is 0 Å². The number of fused-ring (bicyclic) bond motifs is 4. The highest BCUT2D eigenvalue weighted by Crippen LogP contribution is 2.51. The minimum Gasteiger partial charge on any atom is -0.311 e. The SMILES string of the molecule is Cc1ccc(C)c(N(c2cc3c4c(c2)N(c2cc(C)ccc2C)c2c(C)ccc(C)c2B4c2c(C)ccc(C)c2N3c2cc(C)ccc2C)c2cc(C)ccc2C)c1. The monoisotopic (exact) mass is 755 g/mol. The molecular formula is C54H54BN3. The fraction of sp³-hybridized carbons (Fsp3) is 0.222. The van der Waals surface area contributed by atoms with Gasteiger partial charge in [-0.05, 0) is 192 Å². The Morgan fingerprint density at radius 3 is 1.09 bits per heavy atom. The molecule has 0 unspecified atom stereocenters. The van der Waals surface area contributed by atoms with Crippen molar-refractivity contribution in [3.8, 4) is 0 Å². The van der Waals surface area contributed by atoms with Gasteiger partial charge in [-0.15, -0.1) is 0 Å². The van der Waals surface area contributed by atoms with Crippen molar-refractivity contribution in [3.63, 3.8) is 0 Å². The number of benzene rings is 7. The van der Waals surface area contributed by atoms with E-state index < -0.39 is 0 Å². The summed E-state index contributed by atoms with van der Waals surface area (Å²) in [6.45, 7) is 27.2. The molecule has 7 aromatic rings. The van der Waals surface area contributed by atoms with Gasteiger partial charge in [0.2, 0.25) is 0 Å². The lowest BCUT2D eigenvalue weighted by molar-refractivity contribution is 1.17. The molecule has 0 aliphatic carbocycles. The van der Waals surface area contributed by atoms with Crippen LogP contribution >= 0.6 is 0 Å². The number of hydrogen-bond donors (Lipinski definition) is 0. The Morgan fingerprint density at radius 2 is 0.672 bits per heavy atom. The van der Waals surface area contributed by atoms with E-state index >= 15 is 0 Å². The van der Waals surface area contributed by atoms with Gasteiger partial charge in [0.1, 0.15) is 0 Å². The first-order chi connectivity index (χ1) is 27.7. The van der Waals surface area contributed by atoms with Crippen molar-refractivity contribution in [1.29, 1.82) is 0 Å². The van der Waals surface area contributed by atoms with E-state index in [0.29, 0.717) is 0 Å². The van der Waals surface area contributed by atoms with Crippen molar-refractivity contribution in [2.75, 3.05) is 14.7 Å². The molecule has 0 spiro atoms. The summed E-state index contributed by atoms with van der Waals surface area (Å²) < 4.78 is 0. The first kappa shape index (κ1) is 37.6. The van der Waals surface area contributed by atoms with Crippen molar-refractivity contribution >= 4 is 74.3 Å². The van der Waals surface area contributed by atoms with Gasteiger partial charge < -0.3 is 14.7 Å². The average molecular weight is 756 g/mol. The molecule has 0 saturated heterocycles. The van der Waals surface area contributed by atoms with Gasteiger partial charge in [0.25, 0.3) is 6.71 Å². The molecule has 9 rings (SSSR count). The Kier molecular flexibility index (Phi) is 8.96. The van der Waals surface area contributed by atoms with E-state index in [1.165, 1.54) is 129 Å². The molecule has 3 nitrogen and oxygen atoms in total. The van der Waals surface area contributed by atoms with Gasteiger partial charge in [0.05, 0.1) is 5.69 Å². The fourth-order valence-electron chi connectivity index (χ4n) is 9.79. The van der Waals surface area contributed by atoms with E-state index in [1.54, 1.807) is 0 Å². The molecule has 0 fully saturated rings. The summed E-state index contributed by atoms with van der Waals surface area (Å²) in [6, 6.07) is 42.0. The third-order valence-corrected chi connectivity index (χ3v) is 12.9. The Labute approximate surface area is 346 Å². The normalized spacial score (nSPS) is 12.7. The fourth-order valence-corrected chi connectivity index (χ4v) is 9.79. The Balaban J connectivity index is 1.52. The van der Waals surface area contributed by atoms with E-state index in [2.05, 4.69) is 207 Å². The molecule has 7 aromatic carbocycles. The number of anilines is 9. The van der Waals surface area contributed by atoms with E-state index in [9.17, 15) is 0 Å². The molecule has 2 aliphatic heterocycles. The third-order valence-electron chi connectivity index (χ3n) is 12.9. The highest BCUT2D eigenvalue weighted by Gasteiger charge is 2.46. The van der Waals surface area contributed by atoms with Crippen molar-refractivity contribution in [1.82, 2.24) is 0 Å². The number of hydrogen-bond acceptors (Lipinski definition) is 3. The molecule has 0 radical (unpaired) electrons. The standard InChI is InChI=1S/C54H54BN3/c1-31-13-17-35(5)44(25-31)56(45-26-32(2)14-18-36(45)6)43-29-48-52-49(30-43)58(47-28-34(4)16-20-38(47)8)54-42(12)24-22-40(10)51(54)55(52)50-39(9)21-23-41(11)53(50)57(48)46-27-33(3)15-19-37(46)7/h13-30H,1-12H3. The van der Waals surface area contributed by atoms with Crippen LogP contribution in [0, 0.1) is 83.1 Å². The zero-order chi connectivity index (χ0) is 40.9. The lowest BCUT2D eigenvalue weighted by Crippen LogP contribution is -2.63. The quantitative estimate of drug-likeness (QED) is 0.162. The highest BCUT2D eigenvalue weighted by molar-refractivity contribution is 7.01. The summed E-state index contributed by atoms with van der Waals surface area (Å²) in [5.41, 5.74) is 30.4. The van der Waals surface area contributed by atoms with Gasteiger partial charge in [0, 0.05) is 45.5 Å². The highest BCUT2D eigenvalue weighted by atomic mass is 15.2. The smallest absolute Gasteiger partial charge is 0.252 e. The molecule has 0 amide bonds. The number of rotatable bonds is 5. The van der Waals surface area contributed by atoms with Crippen LogP contribution in [0.5, 0.6) is 0 Å². The van der Waals surface area contributed by atoms with Gasteiger partial charge in [-0.2, -0.15) is 0 Å². The second-order valence-electron chi connectivity index (χ2n) is 17.4. The molecule has 0 N–H and O–H groups in total. The topological polar surface area (TPSA) is 9.72 Å². The molecule has 2 heterocycles. The third kappa shape index (κ3) is 5.79. The maximum atomic E-state index is 2.63. The van der Waals surface area contributed by atoms with Crippen LogP contribution in [0.25, 0.3) is 0 Å². The van der Waals surface area contributed by atoms with E-state index in [4.69, 9.17) is 0 Å². The van der Waals surface area contributed by atoms with Crippen LogP contribution in [0.2, 0.25) is 0 Å². The van der Waals surface area contributed by atoms with E-state index in [-0.39, 0.29) is 6.71 Å².